The van der Waals surface area contributed by atoms with Crippen molar-refractivity contribution in [2.24, 2.45) is 11.8 Å². The fourth-order valence-corrected chi connectivity index (χ4v) is 2.46. The molecule has 1 amide bonds. The molecule has 0 saturated carbocycles. The van der Waals surface area contributed by atoms with Gasteiger partial charge in [0, 0.05) is 37.0 Å². The highest BCUT2D eigenvalue weighted by atomic mass is 16.5. The van der Waals surface area contributed by atoms with Crippen molar-refractivity contribution in [1.29, 1.82) is 0 Å². The fraction of sp³-hybridized carbons (Fsp3) is 0.562. The molecule has 1 saturated heterocycles. The highest BCUT2D eigenvalue weighted by molar-refractivity contribution is 5.79. The van der Waals surface area contributed by atoms with Gasteiger partial charge >= 0.3 is 5.97 Å². The summed E-state index contributed by atoms with van der Waals surface area (Å²) in [6, 6.07) is 3.70. The Kier molecular flexibility index (Phi) is 5.31. The summed E-state index contributed by atoms with van der Waals surface area (Å²) in [6.07, 6.45) is 4.75. The molecule has 5 nitrogen and oxygen atoms in total. The van der Waals surface area contributed by atoms with Gasteiger partial charge in [0.2, 0.25) is 5.91 Å². The normalized spacial score (nSPS) is 16.0. The van der Waals surface area contributed by atoms with Crippen molar-refractivity contribution < 1.29 is 14.3 Å². The first-order valence-corrected chi connectivity index (χ1v) is 7.42. The maximum Gasteiger partial charge on any atom is 0.309 e. The summed E-state index contributed by atoms with van der Waals surface area (Å²) in [5.74, 6) is -0.0929. The van der Waals surface area contributed by atoms with Crippen LogP contribution in [0.4, 0.5) is 0 Å². The van der Waals surface area contributed by atoms with Crippen LogP contribution in [-0.4, -0.2) is 34.8 Å². The number of ether oxygens (including phenoxy) is 1. The zero-order valence-corrected chi connectivity index (χ0v) is 12.6. The minimum absolute atomic E-state index is 0.0130. The molecule has 0 radical (unpaired) electrons. The third-order valence-corrected chi connectivity index (χ3v) is 3.74. The van der Waals surface area contributed by atoms with Crippen LogP contribution in [0.1, 0.15) is 32.3 Å². The molecule has 5 heteroatoms. The van der Waals surface area contributed by atoms with Gasteiger partial charge in [0.25, 0.3) is 0 Å². The van der Waals surface area contributed by atoms with E-state index in [1.54, 1.807) is 12.4 Å². The van der Waals surface area contributed by atoms with Gasteiger partial charge in [-0.3, -0.25) is 14.6 Å². The van der Waals surface area contributed by atoms with Crippen molar-refractivity contribution in [3.8, 4) is 0 Å². The van der Waals surface area contributed by atoms with Gasteiger partial charge in [0.05, 0.1) is 5.92 Å². The van der Waals surface area contributed by atoms with Crippen LogP contribution in [0.3, 0.4) is 0 Å². The van der Waals surface area contributed by atoms with Gasteiger partial charge in [-0.1, -0.05) is 19.9 Å². The number of likely N-dealkylation sites (tertiary alicyclic amines) is 1. The minimum Gasteiger partial charge on any atom is -0.461 e. The predicted octanol–water partition coefficient (Wildman–Crippen LogP) is 2.02. The van der Waals surface area contributed by atoms with Gasteiger partial charge in [-0.05, 0) is 18.9 Å². The van der Waals surface area contributed by atoms with E-state index in [-0.39, 0.29) is 30.3 Å². The lowest BCUT2D eigenvalue weighted by molar-refractivity contribution is -0.153. The van der Waals surface area contributed by atoms with Gasteiger partial charge in [-0.2, -0.15) is 0 Å². The second-order valence-corrected chi connectivity index (χ2v) is 5.72. The van der Waals surface area contributed by atoms with Gasteiger partial charge < -0.3 is 9.64 Å². The third-order valence-electron chi connectivity index (χ3n) is 3.74. The molecule has 0 atom stereocenters. The molecule has 0 unspecified atom stereocenters. The molecule has 1 aliphatic heterocycles. The Morgan fingerprint density at radius 1 is 1.38 bits per heavy atom. The molecule has 0 bridgehead atoms. The van der Waals surface area contributed by atoms with Crippen molar-refractivity contribution in [2.45, 2.75) is 33.3 Å². The van der Waals surface area contributed by atoms with E-state index in [0.29, 0.717) is 25.9 Å². The third kappa shape index (κ3) is 4.28. The quantitative estimate of drug-likeness (QED) is 0.796. The van der Waals surface area contributed by atoms with Crippen LogP contribution in [0.25, 0.3) is 0 Å². The van der Waals surface area contributed by atoms with Crippen LogP contribution in [0.5, 0.6) is 0 Å². The number of aromatic nitrogens is 1. The standard InChI is InChI=1S/C16H22N2O3/c1-12(2)15(19)18-8-5-14(6-9-18)16(20)21-11-13-4-3-7-17-10-13/h3-4,7,10,12,14H,5-6,8-9,11H2,1-2H3. The first-order chi connectivity index (χ1) is 10.1. The van der Waals surface area contributed by atoms with E-state index in [2.05, 4.69) is 4.98 Å². The minimum atomic E-state index is -0.171. The maximum atomic E-state index is 12.0. The van der Waals surface area contributed by atoms with Crippen LogP contribution in [0.15, 0.2) is 24.5 Å². The van der Waals surface area contributed by atoms with Crippen molar-refractivity contribution in [3.05, 3.63) is 30.1 Å². The summed E-state index contributed by atoms with van der Waals surface area (Å²) in [6.45, 7) is 5.35. The first-order valence-electron chi connectivity index (χ1n) is 7.42. The van der Waals surface area contributed by atoms with Crippen molar-refractivity contribution in [1.82, 2.24) is 9.88 Å². The van der Waals surface area contributed by atoms with Crippen LogP contribution < -0.4 is 0 Å². The summed E-state index contributed by atoms with van der Waals surface area (Å²) in [5, 5.41) is 0. The van der Waals surface area contributed by atoms with Crippen molar-refractivity contribution in [3.63, 3.8) is 0 Å². The summed E-state index contributed by atoms with van der Waals surface area (Å²) >= 11 is 0. The van der Waals surface area contributed by atoms with Gasteiger partial charge in [0.1, 0.15) is 6.61 Å². The van der Waals surface area contributed by atoms with Gasteiger partial charge in [-0.25, -0.2) is 0 Å². The van der Waals surface area contributed by atoms with Crippen molar-refractivity contribution in [2.75, 3.05) is 13.1 Å². The molecule has 0 aromatic carbocycles. The van der Waals surface area contributed by atoms with Crippen LogP contribution >= 0.6 is 0 Å². The lowest BCUT2D eigenvalue weighted by atomic mass is 9.96. The molecule has 0 spiro atoms. The lowest BCUT2D eigenvalue weighted by Crippen LogP contribution is -2.42. The molecule has 21 heavy (non-hydrogen) atoms. The molecule has 0 N–H and O–H groups in total. The molecular weight excluding hydrogens is 268 g/mol. The Hall–Kier alpha value is -1.91. The molecular formula is C16H22N2O3. The fourth-order valence-electron chi connectivity index (χ4n) is 2.46. The Labute approximate surface area is 125 Å². The lowest BCUT2D eigenvalue weighted by Gasteiger charge is -2.32. The van der Waals surface area contributed by atoms with E-state index >= 15 is 0 Å². The highest BCUT2D eigenvalue weighted by Crippen LogP contribution is 2.20. The smallest absolute Gasteiger partial charge is 0.309 e. The molecule has 0 aliphatic carbocycles. The molecule has 2 rings (SSSR count). The van der Waals surface area contributed by atoms with Crippen LogP contribution in [0, 0.1) is 11.8 Å². The predicted molar refractivity (Wildman–Crippen MR) is 78.2 cm³/mol. The molecule has 1 aromatic heterocycles. The molecule has 114 valence electrons. The van der Waals surface area contributed by atoms with Crippen molar-refractivity contribution >= 4 is 11.9 Å². The summed E-state index contributed by atoms with van der Waals surface area (Å²) in [4.78, 5) is 29.8. The number of carbonyl (C=O) groups excluding carboxylic acids is 2. The van der Waals surface area contributed by atoms with Crippen LogP contribution in [0.2, 0.25) is 0 Å². The molecule has 1 aliphatic rings. The van der Waals surface area contributed by atoms with E-state index in [4.69, 9.17) is 4.74 Å². The van der Waals surface area contributed by atoms with E-state index < -0.39 is 0 Å². The number of rotatable bonds is 4. The number of piperidine rings is 1. The number of nitrogens with zero attached hydrogens (tertiary/aromatic N) is 2. The second kappa shape index (κ2) is 7.20. The van der Waals surface area contributed by atoms with E-state index in [1.807, 2.05) is 30.9 Å². The highest BCUT2D eigenvalue weighted by Gasteiger charge is 2.29. The number of esters is 1. The van der Waals surface area contributed by atoms with Gasteiger partial charge in [-0.15, -0.1) is 0 Å². The van der Waals surface area contributed by atoms with Crippen LogP contribution in [-0.2, 0) is 20.9 Å². The Morgan fingerprint density at radius 3 is 2.67 bits per heavy atom. The van der Waals surface area contributed by atoms with E-state index in [0.717, 1.165) is 5.56 Å². The summed E-state index contributed by atoms with van der Waals surface area (Å²) < 4.78 is 5.33. The van der Waals surface area contributed by atoms with E-state index in [1.165, 1.54) is 0 Å². The SMILES string of the molecule is CC(C)C(=O)N1CCC(C(=O)OCc2cccnc2)CC1. The zero-order valence-electron chi connectivity index (χ0n) is 12.6. The average molecular weight is 290 g/mol. The first kappa shape index (κ1) is 15.5. The largest absolute Gasteiger partial charge is 0.461 e. The molecule has 2 heterocycles. The zero-order chi connectivity index (χ0) is 15.2. The maximum absolute atomic E-state index is 12.0. The summed E-state index contributed by atoms with van der Waals surface area (Å²) in [7, 11) is 0. The number of hydrogen-bond donors (Lipinski definition) is 0. The topological polar surface area (TPSA) is 59.5 Å². The second-order valence-electron chi connectivity index (χ2n) is 5.72. The number of pyridine rings is 1. The molecule has 1 aromatic rings. The molecule has 1 fully saturated rings. The number of carbonyl (C=O) groups is 2. The Balaban J connectivity index is 1.77. The Bertz CT molecular complexity index is 480. The number of amides is 1. The summed E-state index contributed by atoms with van der Waals surface area (Å²) in [5.41, 5.74) is 0.887. The monoisotopic (exact) mass is 290 g/mol. The number of hydrogen-bond acceptors (Lipinski definition) is 4. The average Bonchev–Trinajstić information content (AvgIpc) is 2.53. The van der Waals surface area contributed by atoms with E-state index in [9.17, 15) is 9.59 Å². The Morgan fingerprint density at radius 2 is 2.10 bits per heavy atom. The van der Waals surface area contributed by atoms with Gasteiger partial charge in [0.15, 0.2) is 0 Å².